The number of hydrogen-bond acceptors (Lipinski definition) is 20. The standard InChI is InChI=1S/C15H14O4.C15H16O4.C14H12O4.C14H14O4.C13H12O4/c16-8-12-13(17)7-6-10-9-4-2-1-3-5-11(9)15(18)19-14(10)12;1-2-3-4-5-10-8-14(18)19-15-11(10)6-7-13(17)12(15)9-16;15-7-11-12(16)6-5-9-8-3-1-2-4-10(8)14(17)18-13(9)11;1-2-3-4-9-7-13(17)18-14-10(9)5-6-12(16)11(14)8-15;1-2-3-8-6-12(16)17-13-9(8)4-5-11(15)10(13)7-14/h6-8,17H,1-5H2;6-9,17H,2-5H2,1H3;5-7,16H,1-4H2;5-8,16H,2-4H2,1H3;4-7,15H,2-3H2,1H3. The summed E-state index contributed by atoms with van der Waals surface area (Å²) in [4.78, 5) is 113. The zero-order valence-corrected chi connectivity index (χ0v) is 50.5. The summed E-state index contributed by atoms with van der Waals surface area (Å²) in [7, 11) is 0. The molecule has 0 spiro atoms. The Bertz CT molecular complexity index is 4710. The number of phenols is 5. The van der Waals surface area contributed by atoms with Gasteiger partial charge in [0.05, 0.1) is 27.8 Å². The van der Waals surface area contributed by atoms with Crippen LogP contribution < -0.4 is 28.1 Å². The maximum absolute atomic E-state index is 12.0. The molecule has 0 aliphatic heterocycles. The molecule has 12 rings (SSSR count). The largest absolute Gasteiger partial charge is 0.507 e. The lowest BCUT2D eigenvalue weighted by Crippen LogP contribution is -2.16. The second-order valence-corrected chi connectivity index (χ2v) is 22.0. The Kier molecular flexibility index (Phi) is 22.4. The Morgan fingerprint density at radius 1 is 0.330 bits per heavy atom. The Balaban J connectivity index is 0.000000147. The molecule has 0 amide bonds. The van der Waals surface area contributed by atoms with Crippen LogP contribution in [0.25, 0.3) is 54.8 Å². The third-order valence-corrected chi connectivity index (χ3v) is 16.1. The monoisotopic (exact) mass is 1240 g/mol. The summed E-state index contributed by atoms with van der Waals surface area (Å²) in [5.41, 5.74) is 4.81. The van der Waals surface area contributed by atoms with Crippen LogP contribution >= 0.6 is 0 Å². The van der Waals surface area contributed by atoms with Crippen LogP contribution in [0.1, 0.15) is 182 Å². The topological polar surface area (TPSA) is 338 Å². The third kappa shape index (κ3) is 14.8. The van der Waals surface area contributed by atoms with Crippen molar-refractivity contribution in [1.29, 1.82) is 0 Å². The predicted octanol–water partition coefficient (Wildman–Crippen LogP) is 12.7. The molecule has 10 aromatic rings. The Hall–Kier alpha value is -10.5. The molecule has 0 bridgehead atoms. The van der Waals surface area contributed by atoms with E-state index in [0.717, 1.165) is 171 Å². The predicted molar refractivity (Wildman–Crippen MR) is 341 cm³/mol. The summed E-state index contributed by atoms with van der Waals surface area (Å²) in [6.45, 7) is 6.18. The van der Waals surface area contributed by atoms with Crippen molar-refractivity contribution < 1.29 is 71.6 Å². The van der Waals surface area contributed by atoms with Gasteiger partial charge in [-0.2, -0.15) is 0 Å². The molecular formula is C71H68O20. The molecule has 0 fully saturated rings. The zero-order chi connectivity index (χ0) is 65.5. The number of rotatable bonds is 14. The molecule has 0 radical (unpaired) electrons. The molecule has 5 heterocycles. The molecule has 0 unspecified atom stereocenters. The van der Waals surface area contributed by atoms with E-state index < -0.39 is 16.9 Å². The Morgan fingerprint density at radius 2 is 0.615 bits per heavy atom. The summed E-state index contributed by atoms with van der Waals surface area (Å²) in [6.07, 6.45) is 19.0. The molecule has 0 saturated carbocycles. The van der Waals surface area contributed by atoms with E-state index in [4.69, 9.17) is 22.1 Å². The minimum absolute atomic E-state index is 0.0255. The van der Waals surface area contributed by atoms with Crippen LogP contribution in [0.2, 0.25) is 0 Å². The first-order valence-electron chi connectivity index (χ1n) is 30.2. The number of carbonyl (C=O) groups is 5. The Morgan fingerprint density at radius 3 is 0.934 bits per heavy atom. The summed E-state index contributed by atoms with van der Waals surface area (Å²) in [5.74, 6) is -0.829. The number of aryl methyl sites for hydroxylation is 5. The van der Waals surface area contributed by atoms with Crippen LogP contribution in [0.15, 0.2) is 125 Å². The fourth-order valence-corrected chi connectivity index (χ4v) is 11.5. The van der Waals surface area contributed by atoms with E-state index in [0.29, 0.717) is 42.2 Å². The van der Waals surface area contributed by atoms with Crippen molar-refractivity contribution in [3.63, 3.8) is 0 Å². The number of fused-ring (bicyclic) bond motifs is 9. The highest BCUT2D eigenvalue weighted by atomic mass is 16.4. The summed E-state index contributed by atoms with van der Waals surface area (Å²) in [6, 6.07) is 20.1. The van der Waals surface area contributed by atoms with E-state index in [-0.39, 0.29) is 95.7 Å². The molecule has 20 heteroatoms. The summed E-state index contributed by atoms with van der Waals surface area (Å²) < 4.78 is 25.6. The third-order valence-electron chi connectivity index (χ3n) is 16.1. The van der Waals surface area contributed by atoms with Crippen LogP contribution in [0.4, 0.5) is 0 Å². The molecule has 0 saturated heterocycles. The van der Waals surface area contributed by atoms with Gasteiger partial charge in [0.25, 0.3) is 0 Å². The molecule has 20 nitrogen and oxygen atoms in total. The number of unbranched alkanes of at least 4 members (excludes halogenated alkanes) is 3. The van der Waals surface area contributed by atoms with E-state index in [2.05, 4.69) is 13.8 Å². The van der Waals surface area contributed by atoms with Crippen LogP contribution in [0.3, 0.4) is 0 Å². The zero-order valence-electron chi connectivity index (χ0n) is 50.5. The van der Waals surface area contributed by atoms with Gasteiger partial charge in [0.15, 0.2) is 59.3 Å². The summed E-state index contributed by atoms with van der Waals surface area (Å²) in [5, 5.41) is 51.7. The molecule has 2 aliphatic rings. The normalized spacial score (nSPS) is 12.3. The van der Waals surface area contributed by atoms with Gasteiger partial charge in [-0.3, -0.25) is 24.0 Å². The van der Waals surface area contributed by atoms with Crippen molar-refractivity contribution in [2.45, 2.75) is 136 Å². The second-order valence-electron chi connectivity index (χ2n) is 22.0. The van der Waals surface area contributed by atoms with Crippen molar-refractivity contribution in [1.82, 2.24) is 0 Å². The van der Waals surface area contributed by atoms with Crippen molar-refractivity contribution in [3.8, 4) is 28.7 Å². The number of benzene rings is 5. The lowest BCUT2D eigenvalue weighted by molar-refractivity contribution is 0.111. The molecule has 2 aliphatic carbocycles. The first kappa shape index (κ1) is 66.5. The van der Waals surface area contributed by atoms with E-state index in [1.54, 1.807) is 30.3 Å². The molecule has 91 heavy (non-hydrogen) atoms. The highest BCUT2D eigenvalue weighted by Crippen LogP contribution is 2.35. The van der Waals surface area contributed by atoms with Crippen molar-refractivity contribution in [3.05, 3.63) is 198 Å². The first-order chi connectivity index (χ1) is 43.9. The van der Waals surface area contributed by atoms with E-state index in [1.807, 2.05) is 6.92 Å². The highest BCUT2D eigenvalue weighted by Gasteiger charge is 2.23. The van der Waals surface area contributed by atoms with Crippen LogP contribution in [0.5, 0.6) is 28.7 Å². The smallest absolute Gasteiger partial charge is 0.339 e. The van der Waals surface area contributed by atoms with Gasteiger partial charge in [-0.15, -0.1) is 0 Å². The van der Waals surface area contributed by atoms with Gasteiger partial charge in [0, 0.05) is 56.3 Å². The van der Waals surface area contributed by atoms with Crippen molar-refractivity contribution in [2.75, 3.05) is 0 Å². The maximum atomic E-state index is 12.0. The number of carbonyl (C=O) groups excluding carboxylic acids is 5. The van der Waals surface area contributed by atoms with Gasteiger partial charge in [0.2, 0.25) is 0 Å². The second kappa shape index (κ2) is 30.6. The number of aldehydes is 5. The fraction of sp³-hybridized carbons (Fsp3) is 0.296. The van der Waals surface area contributed by atoms with E-state index >= 15 is 0 Å². The van der Waals surface area contributed by atoms with Crippen LogP contribution in [0, 0.1) is 0 Å². The van der Waals surface area contributed by atoms with Gasteiger partial charge in [-0.05, 0) is 172 Å². The Labute approximate surface area is 518 Å². The van der Waals surface area contributed by atoms with Crippen molar-refractivity contribution >= 4 is 86.3 Å². The minimum Gasteiger partial charge on any atom is -0.507 e. The van der Waals surface area contributed by atoms with Crippen molar-refractivity contribution in [2.24, 2.45) is 0 Å². The van der Waals surface area contributed by atoms with Crippen LogP contribution in [-0.4, -0.2) is 57.0 Å². The first-order valence-corrected chi connectivity index (χ1v) is 30.2. The SMILES string of the molecule is CCCCCc1cc(=O)oc2c(C=O)c(O)ccc12.CCCCc1cc(=O)oc2c(C=O)c(O)ccc12.CCCc1cc(=O)oc2c(C=O)c(O)ccc12.O=Cc1c(O)ccc2c3c(c(=O)oc12)CCCC3.O=Cc1c(O)ccc2c3c(c(=O)oc12)CCCCC3. The van der Waals surface area contributed by atoms with Gasteiger partial charge in [-0.25, -0.2) is 24.0 Å². The van der Waals surface area contributed by atoms with Gasteiger partial charge in [-0.1, -0.05) is 52.9 Å². The fourth-order valence-electron chi connectivity index (χ4n) is 11.5. The van der Waals surface area contributed by atoms with Gasteiger partial charge in [0.1, 0.15) is 28.7 Å². The van der Waals surface area contributed by atoms with Gasteiger partial charge >= 0.3 is 28.1 Å². The number of phenolic OH excluding ortho intramolecular Hbond substituents is 5. The quantitative estimate of drug-likeness (QED) is 0.0292. The number of hydrogen-bond donors (Lipinski definition) is 5. The minimum atomic E-state index is -0.505. The lowest BCUT2D eigenvalue weighted by atomic mass is 9.90. The molecule has 472 valence electrons. The average Bonchev–Trinajstić information content (AvgIpc) is 1.38. The van der Waals surface area contributed by atoms with E-state index in [9.17, 15) is 73.5 Å². The molecule has 5 N–H and O–H groups in total. The molecule has 5 aromatic heterocycles. The highest BCUT2D eigenvalue weighted by molar-refractivity contribution is 6.02. The molecule has 0 atom stereocenters. The van der Waals surface area contributed by atoms with Gasteiger partial charge < -0.3 is 47.6 Å². The summed E-state index contributed by atoms with van der Waals surface area (Å²) >= 11 is 0. The number of aromatic hydroxyl groups is 5. The average molecular weight is 1240 g/mol. The molecule has 5 aromatic carbocycles. The van der Waals surface area contributed by atoms with Crippen LogP contribution in [-0.2, 0) is 44.9 Å². The maximum Gasteiger partial charge on any atom is 0.339 e. The van der Waals surface area contributed by atoms with E-state index in [1.165, 1.54) is 48.5 Å². The lowest BCUT2D eigenvalue weighted by Gasteiger charge is -2.16. The molecular weight excluding hydrogens is 1170 g/mol.